The highest BCUT2D eigenvalue weighted by molar-refractivity contribution is 5.94. The minimum absolute atomic E-state index is 0.101. The average molecular weight is 336 g/mol. The first-order valence-corrected chi connectivity index (χ1v) is 8.01. The van der Waals surface area contributed by atoms with Gasteiger partial charge in [0, 0.05) is 5.56 Å². The van der Waals surface area contributed by atoms with Gasteiger partial charge in [-0.25, -0.2) is 4.68 Å². The molecule has 1 N–H and O–H groups in total. The van der Waals surface area contributed by atoms with Crippen molar-refractivity contribution in [2.45, 2.75) is 19.9 Å². The lowest BCUT2D eigenvalue weighted by molar-refractivity contribution is 0.0940. The van der Waals surface area contributed by atoms with Crippen LogP contribution in [0.3, 0.4) is 0 Å². The number of hydrogen-bond acceptors (Lipinski definition) is 4. The first-order chi connectivity index (χ1) is 12.1. The molecular weight excluding hydrogens is 316 g/mol. The van der Waals surface area contributed by atoms with Crippen molar-refractivity contribution in [2.75, 3.05) is 7.11 Å². The SMILES string of the molecule is COc1ccc([C@H](C)NC(=O)c2ccc(-n3nncc3C)cc2)cc1. The van der Waals surface area contributed by atoms with E-state index in [0.29, 0.717) is 5.56 Å². The number of aryl methyl sites for hydroxylation is 1. The Morgan fingerprint density at radius 2 is 1.80 bits per heavy atom. The maximum Gasteiger partial charge on any atom is 0.251 e. The summed E-state index contributed by atoms with van der Waals surface area (Å²) in [6.45, 7) is 3.88. The van der Waals surface area contributed by atoms with Crippen molar-refractivity contribution in [1.29, 1.82) is 0 Å². The highest BCUT2D eigenvalue weighted by atomic mass is 16.5. The third-order valence-electron chi connectivity index (χ3n) is 4.06. The zero-order valence-corrected chi connectivity index (χ0v) is 14.4. The third-order valence-corrected chi connectivity index (χ3v) is 4.06. The van der Waals surface area contributed by atoms with Gasteiger partial charge in [-0.05, 0) is 55.8 Å². The first-order valence-electron chi connectivity index (χ1n) is 8.01. The summed E-state index contributed by atoms with van der Waals surface area (Å²) >= 11 is 0. The molecule has 6 nitrogen and oxygen atoms in total. The van der Waals surface area contributed by atoms with Gasteiger partial charge >= 0.3 is 0 Å². The van der Waals surface area contributed by atoms with Gasteiger partial charge in [0.1, 0.15) is 5.75 Å². The van der Waals surface area contributed by atoms with E-state index in [4.69, 9.17) is 4.74 Å². The van der Waals surface area contributed by atoms with Crippen molar-refractivity contribution >= 4 is 5.91 Å². The summed E-state index contributed by atoms with van der Waals surface area (Å²) in [5.74, 6) is 0.673. The summed E-state index contributed by atoms with van der Waals surface area (Å²) in [6, 6.07) is 14.8. The fourth-order valence-corrected chi connectivity index (χ4v) is 2.55. The predicted octanol–water partition coefficient (Wildman–Crippen LogP) is 3.08. The van der Waals surface area contributed by atoms with Crippen molar-refractivity contribution in [3.8, 4) is 11.4 Å². The van der Waals surface area contributed by atoms with Gasteiger partial charge in [-0.15, -0.1) is 5.10 Å². The van der Waals surface area contributed by atoms with Crippen LogP contribution < -0.4 is 10.1 Å². The highest BCUT2D eigenvalue weighted by Gasteiger charge is 2.12. The normalized spacial score (nSPS) is 11.8. The van der Waals surface area contributed by atoms with Gasteiger partial charge in [0.05, 0.1) is 30.7 Å². The molecule has 6 heteroatoms. The molecule has 1 amide bonds. The Morgan fingerprint density at radius 1 is 1.12 bits per heavy atom. The van der Waals surface area contributed by atoms with Crippen LogP contribution in [0.4, 0.5) is 0 Å². The number of carbonyl (C=O) groups excluding carboxylic acids is 1. The predicted molar refractivity (Wildman–Crippen MR) is 95.0 cm³/mol. The molecule has 0 bridgehead atoms. The molecule has 3 rings (SSSR count). The molecule has 0 unspecified atom stereocenters. The van der Waals surface area contributed by atoms with Gasteiger partial charge in [0.15, 0.2) is 0 Å². The number of nitrogens with zero attached hydrogens (tertiary/aromatic N) is 3. The van der Waals surface area contributed by atoms with Crippen LogP contribution in [-0.4, -0.2) is 28.0 Å². The molecule has 1 aromatic heterocycles. The molecule has 0 radical (unpaired) electrons. The van der Waals surface area contributed by atoms with Crippen LogP contribution in [0.2, 0.25) is 0 Å². The van der Waals surface area contributed by atoms with Crippen LogP contribution in [0.1, 0.15) is 34.6 Å². The van der Waals surface area contributed by atoms with Gasteiger partial charge < -0.3 is 10.1 Å². The van der Waals surface area contributed by atoms with E-state index in [-0.39, 0.29) is 11.9 Å². The van der Waals surface area contributed by atoms with E-state index in [1.807, 2.05) is 50.2 Å². The Balaban J connectivity index is 1.69. The van der Waals surface area contributed by atoms with Crippen molar-refractivity contribution in [2.24, 2.45) is 0 Å². The highest BCUT2D eigenvalue weighted by Crippen LogP contribution is 2.18. The zero-order chi connectivity index (χ0) is 17.8. The lowest BCUT2D eigenvalue weighted by Crippen LogP contribution is -2.26. The van der Waals surface area contributed by atoms with Crippen molar-refractivity contribution in [3.05, 3.63) is 71.5 Å². The quantitative estimate of drug-likeness (QED) is 0.777. The molecule has 0 aliphatic carbocycles. The van der Waals surface area contributed by atoms with E-state index in [1.165, 1.54) is 0 Å². The Kier molecular flexibility index (Phi) is 4.79. The third kappa shape index (κ3) is 3.68. The number of benzene rings is 2. The smallest absolute Gasteiger partial charge is 0.251 e. The lowest BCUT2D eigenvalue weighted by atomic mass is 10.1. The molecule has 2 aromatic carbocycles. The van der Waals surface area contributed by atoms with Crippen molar-refractivity contribution < 1.29 is 9.53 Å². The summed E-state index contributed by atoms with van der Waals surface area (Å²) in [7, 11) is 1.63. The fraction of sp³-hybridized carbons (Fsp3) is 0.211. The van der Waals surface area contributed by atoms with E-state index in [9.17, 15) is 4.79 Å². The minimum atomic E-state index is -0.120. The van der Waals surface area contributed by atoms with Gasteiger partial charge in [-0.1, -0.05) is 17.3 Å². The van der Waals surface area contributed by atoms with Crippen LogP contribution in [0.5, 0.6) is 5.75 Å². The fourth-order valence-electron chi connectivity index (χ4n) is 2.55. The van der Waals surface area contributed by atoms with Crippen LogP contribution in [-0.2, 0) is 0 Å². The Bertz CT molecular complexity index is 854. The summed E-state index contributed by atoms with van der Waals surface area (Å²) in [5, 5.41) is 10.9. The first kappa shape index (κ1) is 16.7. The van der Waals surface area contributed by atoms with E-state index in [1.54, 1.807) is 30.1 Å². The number of hydrogen-bond donors (Lipinski definition) is 1. The molecule has 0 aliphatic rings. The molecule has 1 atom stereocenters. The molecule has 0 aliphatic heterocycles. The summed E-state index contributed by atoms with van der Waals surface area (Å²) in [6.07, 6.45) is 1.69. The standard InChI is InChI=1S/C19H20N4O2/c1-13-12-20-22-23(13)17-8-4-16(5-9-17)19(24)21-14(2)15-6-10-18(25-3)11-7-15/h4-12,14H,1-3H3,(H,21,24)/t14-/m0/s1. The average Bonchev–Trinajstić information content (AvgIpc) is 3.07. The summed E-state index contributed by atoms with van der Waals surface area (Å²) < 4.78 is 6.87. The zero-order valence-electron chi connectivity index (χ0n) is 14.4. The van der Waals surface area contributed by atoms with Crippen LogP contribution in [0.25, 0.3) is 5.69 Å². The van der Waals surface area contributed by atoms with Gasteiger partial charge in [0.2, 0.25) is 0 Å². The van der Waals surface area contributed by atoms with Crippen molar-refractivity contribution in [3.63, 3.8) is 0 Å². The second-order valence-corrected chi connectivity index (χ2v) is 5.80. The van der Waals surface area contributed by atoms with E-state index in [0.717, 1.165) is 22.7 Å². The second-order valence-electron chi connectivity index (χ2n) is 5.80. The molecule has 1 heterocycles. The van der Waals surface area contributed by atoms with Gasteiger partial charge in [0.25, 0.3) is 5.91 Å². The Hall–Kier alpha value is -3.15. The number of aromatic nitrogens is 3. The van der Waals surface area contributed by atoms with Crippen LogP contribution >= 0.6 is 0 Å². The Labute approximate surface area is 146 Å². The lowest BCUT2D eigenvalue weighted by Gasteiger charge is -2.15. The Morgan fingerprint density at radius 3 is 2.36 bits per heavy atom. The minimum Gasteiger partial charge on any atom is -0.497 e. The molecule has 0 spiro atoms. The molecular formula is C19H20N4O2. The van der Waals surface area contributed by atoms with E-state index in [2.05, 4.69) is 15.6 Å². The topological polar surface area (TPSA) is 69.0 Å². The number of ether oxygens (including phenoxy) is 1. The van der Waals surface area contributed by atoms with Crippen LogP contribution in [0.15, 0.2) is 54.7 Å². The molecule has 3 aromatic rings. The number of nitrogens with one attached hydrogen (secondary N) is 1. The van der Waals surface area contributed by atoms with E-state index >= 15 is 0 Å². The maximum absolute atomic E-state index is 12.4. The molecule has 0 saturated carbocycles. The summed E-state index contributed by atoms with van der Waals surface area (Å²) in [4.78, 5) is 12.4. The largest absolute Gasteiger partial charge is 0.497 e. The van der Waals surface area contributed by atoms with Gasteiger partial charge in [-0.2, -0.15) is 0 Å². The molecule has 128 valence electrons. The second kappa shape index (κ2) is 7.17. The number of carbonyl (C=O) groups is 1. The van der Waals surface area contributed by atoms with Crippen LogP contribution in [0, 0.1) is 6.92 Å². The van der Waals surface area contributed by atoms with E-state index < -0.39 is 0 Å². The molecule has 0 fully saturated rings. The molecule has 0 saturated heterocycles. The maximum atomic E-state index is 12.4. The number of methoxy groups -OCH3 is 1. The summed E-state index contributed by atoms with van der Waals surface area (Å²) in [5.41, 5.74) is 3.42. The van der Waals surface area contributed by atoms with Crippen molar-refractivity contribution in [1.82, 2.24) is 20.3 Å². The number of rotatable bonds is 5. The van der Waals surface area contributed by atoms with Gasteiger partial charge in [-0.3, -0.25) is 4.79 Å². The molecule has 25 heavy (non-hydrogen) atoms. The number of amides is 1. The monoisotopic (exact) mass is 336 g/mol.